The van der Waals surface area contributed by atoms with E-state index in [0.717, 1.165) is 0 Å². The Bertz CT molecular complexity index is 336. The first-order valence-corrected chi connectivity index (χ1v) is 4.62. The summed E-state index contributed by atoms with van der Waals surface area (Å²) in [5, 5.41) is 16.0. The second-order valence-corrected chi connectivity index (χ2v) is 3.09. The van der Waals surface area contributed by atoms with Gasteiger partial charge < -0.3 is 14.9 Å². The van der Waals surface area contributed by atoms with E-state index in [9.17, 15) is 4.79 Å². The highest BCUT2D eigenvalue weighted by atomic mass is 35.5. The number of halogens is 1. The summed E-state index contributed by atoms with van der Waals surface area (Å²) in [6, 6.07) is 6.54. The van der Waals surface area contributed by atoms with Gasteiger partial charge in [-0.1, -0.05) is 11.6 Å². The van der Waals surface area contributed by atoms with Crippen LogP contribution in [0.2, 0.25) is 5.02 Å². The fourth-order valence-electron chi connectivity index (χ4n) is 0.768. The Morgan fingerprint density at radius 3 is 2.25 bits per heavy atom. The topological polar surface area (TPSA) is 83.8 Å². The van der Waals surface area contributed by atoms with Gasteiger partial charge in [-0.3, -0.25) is 4.79 Å². The van der Waals surface area contributed by atoms with Crippen LogP contribution in [0.15, 0.2) is 24.3 Å². The molecule has 0 aliphatic rings. The van der Waals surface area contributed by atoms with Gasteiger partial charge in [-0.2, -0.15) is 0 Å². The lowest BCUT2D eigenvalue weighted by Gasteiger charge is -2.09. The number of ether oxygens (including phenoxy) is 1. The molecule has 0 aromatic heterocycles. The van der Waals surface area contributed by atoms with E-state index in [2.05, 4.69) is 0 Å². The lowest BCUT2D eigenvalue weighted by atomic mass is 10.3. The molecule has 0 aliphatic carbocycles. The van der Waals surface area contributed by atoms with Crippen molar-refractivity contribution in [3.63, 3.8) is 0 Å². The molecule has 1 aromatic rings. The van der Waals surface area contributed by atoms with Gasteiger partial charge in [0.05, 0.1) is 0 Å². The summed E-state index contributed by atoms with van der Waals surface area (Å²) in [5.41, 5.74) is 0. The van der Waals surface area contributed by atoms with Gasteiger partial charge >= 0.3 is 5.97 Å². The molecule has 0 bridgehead atoms. The molecule has 6 heteroatoms. The molecular formula is C10H11ClO5. The molecule has 0 heterocycles. The Labute approximate surface area is 97.2 Å². The summed E-state index contributed by atoms with van der Waals surface area (Å²) in [7, 11) is 0. The average Bonchev–Trinajstić information content (AvgIpc) is 2.22. The molecular weight excluding hydrogens is 236 g/mol. The lowest BCUT2D eigenvalue weighted by molar-refractivity contribution is -0.144. The van der Waals surface area contributed by atoms with Crippen LogP contribution >= 0.6 is 11.6 Å². The first-order chi connectivity index (χ1) is 7.51. The molecule has 0 spiro atoms. The summed E-state index contributed by atoms with van der Waals surface area (Å²) < 4.78 is 5.07. The predicted octanol–water partition coefficient (Wildman–Crippen LogP) is 1.89. The molecule has 88 valence electrons. The Hall–Kier alpha value is -1.75. The third kappa shape index (κ3) is 5.87. The van der Waals surface area contributed by atoms with E-state index in [0.29, 0.717) is 10.8 Å². The quantitative estimate of drug-likeness (QED) is 0.796. The Morgan fingerprint density at radius 2 is 1.88 bits per heavy atom. The maximum atomic E-state index is 10.4. The van der Waals surface area contributed by atoms with Crippen LogP contribution in [0.25, 0.3) is 0 Å². The monoisotopic (exact) mass is 246 g/mol. The Morgan fingerprint density at radius 1 is 1.44 bits per heavy atom. The third-order valence-electron chi connectivity index (χ3n) is 1.47. The fraction of sp³-hybridized carbons (Fsp3) is 0.200. The minimum Gasteiger partial charge on any atom is -0.483 e. The SMILES string of the molecule is CC(Oc1ccc(Cl)cc1)C(=O)O.O=CO. The zero-order valence-corrected chi connectivity index (χ0v) is 9.22. The van der Waals surface area contributed by atoms with E-state index < -0.39 is 12.1 Å². The van der Waals surface area contributed by atoms with Crippen molar-refractivity contribution in [2.75, 3.05) is 0 Å². The predicted molar refractivity (Wildman–Crippen MR) is 57.9 cm³/mol. The van der Waals surface area contributed by atoms with Crippen molar-refractivity contribution in [3.8, 4) is 5.75 Å². The minimum atomic E-state index is -0.991. The highest BCUT2D eigenvalue weighted by Gasteiger charge is 2.11. The van der Waals surface area contributed by atoms with Crippen molar-refractivity contribution in [2.24, 2.45) is 0 Å². The molecule has 2 N–H and O–H groups in total. The number of hydrogen-bond donors (Lipinski definition) is 2. The van der Waals surface area contributed by atoms with Crippen LogP contribution in [-0.2, 0) is 9.59 Å². The van der Waals surface area contributed by atoms with E-state index in [1.165, 1.54) is 6.92 Å². The number of aliphatic carboxylic acids is 1. The van der Waals surface area contributed by atoms with Gasteiger partial charge in [0, 0.05) is 5.02 Å². The normalized spacial score (nSPS) is 10.6. The molecule has 0 fully saturated rings. The van der Waals surface area contributed by atoms with Crippen LogP contribution in [-0.4, -0.2) is 28.8 Å². The number of carboxylic acid groups (broad SMARTS) is 2. The summed E-state index contributed by atoms with van der Waals surface area (Å²) in [4.78, 5) is 18.8. The van der Waals surface area contributed by atoms with Crippen LogP contribution < -0.4 is 4.74 Å². The van der Waals surface area contributed by atoms with Crippen molar-refractivity contribution < 1.29 is 24.5 Å². The molecule has 0 radical (unpaired) electrons. The Kier molecular flexibility index (Phi) is 6.71. The molecule has 5 nitrogen and oxygen atoms in total. The molecule has 0 aliphatic heterocycles. The van der Waals surface area contributed by atoms with E-state index in [4.69, 9.17) is 31.3 Å². The second kappa shape index (κ2) is 7.53. The van der Waals surface area contributed by atoms with Crippen molar-refractivity contribution in [1.82, 2.24) is 0 Å². The number of carboxylic acids is 1. The molecule has 1 atom stereocenters. The van der Waals surface area contributed by atoms with Crippen LogP contribution in [0.4, 0.5) is 0 Å². The van der Waals surface area contributed by atoms with Crippen LogP contribution in [0.1, 0.15) is 6.92 Å². The summed E-state index contributed by atoms with van der Waals surface area (Å²) in [6.07, 6.45) is -0.846. The molecule has 0 amide bonds. The highest BCUT2D eigenvalue weighted by Crippen LogP contribution is 2.16. The third-order valence-corrected chi connectivity index (χ3v) is 1.73. The smallest absolute Gasteiger partial charge is 0.344 e. The molecule has 0 saturated heterocycles. The summed E-state index contributed by atoms with van der Waals surface area (Å²) in [5.74, 6) is -0.491. The van der Waals surface area contributed by atoms with E-state index >= 15 is 0 Å². The fourth-order valence-corrected chi connectivity index (χ4v) is 0.894. The van der Waals surface area contributed by atoms with Crippen molar-refractivity contribution in [3.05, 3.63) is 29.3 Å². The number of carbonyl (C=O) groups is 2. The van der Waals surface area contributed by atoms with Gasteiger partial charge in [0.1, 0.15) is 5.75 Å². The van der Waals surface area contributed by atoms with Crippen LogP contribution in [0.5, 0.6) is 5.75 Å². The second-order valence-electron chi connectivity index (χ2n) is 2.66. The maximum Gasteiger partial charge on any atom is 0.344 e. The Balaban J connectivity index is 0.000000673. The van der Waals surface area contributed by atoms with Crippen molar-refractivity contribution in [2.45, 2.75) is 13.0 Å². The number of benzene rings is 1. The zero-order chi connectivity index (χ0) is 12.6. The molecule has 1 rings (SSSR count). The number of hydrogen-bond acceptors (Lipinski definition) is 3. The van der Waals surface area contributed by atoms with Gasteiger partial charge in [0.2, 0.25) is 0 Å². The average molecular weight is 247 g/mol. The van der Waals surface area contributed by atoms with Gasteiger partial charge in [-0.15, -0.1) is 0 Å². The van der Waals surface area contributed by atoms with Gasteiger partial charge in [-0.25, -0.2) is 4.79 Å². The van der Waals surface area contributed by atoms with Crippen molar-refractivity contribution in [1.29, 1.82) is 0 Å². The standard InChI is InChI=1S/C9H9ClO3.CH2O2/c1-6(9(11)12)13-8-4-2-7(10)3-5-8;2-1-3/h2-6H,1H3,(H,11,12);1H,(H,2,3). The van der Waals surface area contributed by atoms with Gasteiger partial charge in [0.25, 0.3) is 6.47 Å². The van der Waals surface area contributed by atoms with Crippen LogP contribution in [0, 0.1) is 0 Å². The lowest BCUT2D eigenvalue weighted by Crippen LogP contribution is -2.22. The molecule has 16 heavy (non-hydrogen) atoms. The zero-order valence-electron chi connectivity index (χ0n) is 8.46. The molecule has 0 saturated carbocycles. The maximum absolute atomic E-state index is 10.4. The van der Waals surface area contributed by atoms with Crippen LogP contribution in [0.3, 0.4) is 0 Å². The first-order valence-electron chi connectivity index (χ1n) is 4.24. The number of rotatable bonds is 3. The minimum absolute atomic E-state index is 0.250. The summed E-state index contributed by atoms with van der Waals surface area (Å²) in [6.45, 7) is 1.22. The van der Waals surface area contributed by atoms with E-state index in [-0.39, 0.29) is 6.47 Å². The molecule has 1 unspecified atom stereocenters. The highest BCUT2D eigenvalue weighted by molar-refractivity contribution is 6.30. The van der Waals surface area contributed by atoms with Crippen molar-refractivity contribution >= 4 is 24.0 Å². The van der Waals surface area contributed by atoms with E-state index in [1.807, 2.05) is 0 Å². The first kappa shape index (κ1) is 14.2. The van der Waals surface area contributed by atoms with E-state index in [1.54, 1.807) is 24.3 Å². The largest absolute Gasteiger partial charge is 0.483 e. The van der Waals surface area contributed by atoms with Gasteiger partial charge in [-0.05, 0) is 31.2 Å². The molecule has 1 aromatic carbocycles. The van der Waals surface area contributed by atoms with Gasteiger partial charge in [0.15, 0.2) is 6.10 Å². The summed E-state index contributed by atoms with van der Waals surface area (Å²) >= 11 is 5.64.